The zero-order valence-electron chi connectivity index (χ0n) is 16.4. The fourth-order valence-electron chi connectivity index (χ4n) is 2.66. The number of ether oxygens (including phenoxy) is 4. The van der Waals surface area contributed by atoms with E-state index in [4.69, 9.17) is 23.5 Å². The molecule has 8 nitrogen and oxygen atoms in total. The third kappa shape index (κ3) is 4.91. The minimum Gasteiger partial charge on any atom is -0.493 e. The third-order valence-corrected chi connectivity index (χ3v) is 4.08. The van der Waals surface area contributed by atoms with E-state index < -0.39 is 0 Å². The molecule has 1 aromatic carbocycles. The molecule has 27 heavy (non-hydrogen) atoms. The second-order valence-electron chi connectivity index (χ2n) is 5.76. The highest BCUT2D eigenvalue weighted by Crippen LogP contribution is 2.41. The molecule has 0 radical (unpaired) electrons. The Kier molecular flexibility index (Phi) is 7.48. The average Bonchev–Trinajstić information content (AvgIpc) is 3.17. The first kappa shape index (κ1) is 20.6. The van der Waals surface area contributed by atoms with Gasteiger partial charge in [-0.3, -0.25) is 4.79 Å². The van der Waals surface area contributed by atoms with Crippen molar-refractivity contribution in [3.05, 3.63) is 23.9 Å². The zero-order valence-corrected chi connectivity index (χ0v) is 16.4. The number of carbonyl (C=O) groups is 1. The maximum absolute atomic E-state index is 12.1. The van der Waals surface area contributed by atoms with E-state index in [0.717, 1.165) is 5.56 Å². The first-order valence-corrected chi connectivity index (χ1v) is 8.60. The first-order chi connectivity index (χ1) is 13.1. The van der Waals surface area contributed by atoms with Gasteiger partial charge in [0.1, 0.15) is 5.69 Å². The lowest BCUT2D eigenvalue weighted by Crippen LogP contribution is -2.32. The van der Waals surface area contributed by atoms with Crippen LogP contribution in [-0.4, -0.2) is 57.6 Å². The Labute approximate surface area is 158 Å². The van der Waals surface area contributed by atoms with Gasteiger partial charge in [-0.25, -0.2) is 0 Å². The maximum atomic E-state index is 12.1. The third-order valence-electron chi connectivity index (χ3n) is 4.08. The summed E-state index contributed by atoms with van der Waals surface area (Å²) in [7, 11) is 6.26. The largest absolute Gasteiger partial charge is 0.493 e. The summed E-state index contributed by atoms with van der Waals surface area (Å²) < 4.78 is 26.6. The van der Waals surface area contributed by atoms with Crippen molar-refractivity contribution in [2.75, 3.05) is 41.6 Å². The van der Waals surface area contributed by atoms with Crippen molar-refractivity contribution < 1.29 is 28.3 Å². The lowest BCUT2D eigenvalue weighted by atomic mass is 10.1. The van der Waals surface area contributed by atoms with Gasteiger partial charge in [0.25, 0.3) is 0 Å². The van der Waals surface area contributed by atoms with E-state index in [0.29, 0.717) is 54.8 Å². The summed E-state index contributed by atoms with van der Waals surface area (Å²) in [6, 6.07) is 5.36. The summed E-state index contributed by atoms with van der Waals surface area (Å²) in [6.45, 7) is 3.13. The van der Waals surface area contributed by atoms with E-state index in [1.54, 1.807) is 51.5 Å². The number of rotatable bonds is 10. The van der Waals surface area contributed by atoms with Crippen molar-refractivity contribution in [1.82, 2.24) is 10.1 Å². The van der Waals surface area contributed by atoms with Crippen LogP contribution in [-0.2, 0) is 16.1 Å². The maximum Gasteiger partial charge on any atom is 0.222 e. The molecule has 0 aliphatic heterocycles. The first-order valence-electron chi connectivity index (χ1n) is 8.60. The van der Waals surface area contributed by atoms with Gasteiger partial charge in [0.05, 0.1) is 34.5 Å². The van der Waals surface area contributed by atoms with Gasteiger partial charge in [-0.2, -0.15) is 0 Å². The lowest BCUT2D eigenvalue weighted by molar-refractivity contribution is -0.132. The molecule has 0 unspecified atom stereocenters. The Morgan fingerprint density at radius 1 is 1.07 bits per heavy atom. The van der Waals surface area contributed by atoms with Crippen LogP contribution in [0.4, 0.5) is 0 Å². The van der Waals surface area contributed by atoms with Gasteiger partial charge < -0.3 is 28.4 Å². The van der Waals surface area contributed by atoms with Crippen molar-refractivity contribution in [1.29, 1.82) is 0 Å². The molecule has 0 aliphatic carbocycles. The van der Waals surface area contributed by atoms with Crippen LogP contribution in [0.1, 0.15) is 19.0 Å². The molecular formula is C19H26N2O6. The molecule has 0 atom stereocenters. The minimum atomic E-state index is 0.0318. The smallest absolute Gasteiger partial charge is 0.222 e. The summed E-state index contributed by atoms with van der Waals surface area (Å²) >= 11 is 0. The Morgan fingerprint density at radius 2 is 1.74 bits per heavy atom. The number of hydrogen-bond acceptors (Lipinski definition) is 7. The standard InChI is InChI=1S/C19H26N2O6/c1-6-18(22)21(7-8-23-2)12-14-11-15(27-20-14)13-9-16(24-3)19(26-5)17(10-13)25-4/h9-11H,6-8,12H2,1-5H3. The van der Waals surface area contributed by atoms with E-state index in [-0.39, 0.29) is 5.91 Å². The second-order valence-corrected chi connectivity index (χ2v) is 5.76. The highest BCUT2D eigenvalue weighted by Gasteiger charge is 2.18. The number of methoxy groups -OCH3 is 4. The van der Waals surface area contributed by atoms with E-state index >= 15 is 0 Å². The Balaban J connectivity index is 2.27. The molecule has 2 rings (SSSR count). The Bertz CT molecular complexity index is 733. The summed E-state index contributed by atoms with van der Waals surface area (Å²) in [5.74, 6) is 2.12. The molecule has 0 saturated heterocycles. The van der Waals surface area contributed by atoms with Crippen LogP contribution in [0.25, 0.3) is 11.3 Å². The van der Waals surface area contributed by atoms with Gasteiger partial charge in [-0.05, 0) is 12.1 Å². The summed E-state index contributed by atoms with van der Waals surface area (Å²) in [6.07, 6.45) is 0.418. The number of benzene rings is 1. The molecule has 0 fully saturated rings. The van der Waals surface area contributed by atoms with Crippen molar-refractivity contribution in [3.8, 4) is 28.6 Å². The van der Waals surface area contributed by atoms with Gasteiger partial charge in [0, 0.05) is 31.7 Å². The summed E-state index contributed by atoms with van der Waals surface area (Å²) in [5, 5.41) is 4.09. The second kappa shape index (κ2) is 9.82. The van der Waals surface area contributed by atoms with Crippen molar-refractivity contribution in [2.45, 2.75) is 19.9 Å². The minimum absolute atomic E-state index is 0.0318. The lowest BCUT2D eigenvalue weighted by Gasteiger charge is -2.20. The van der Waals surface area contributed by atoms with E-state index in [9.17, 15) is 4.79 Å². The molecule has 2 aromatic rings. The van der Waals surface area contributed by atoms with Gasteiger partial charge in [-0.1, -0.05) is 12.1 Å². The molecule has 8 heteroatoms. The highest BCUT2D eigenvalue weighted by molar-refractivity contribution is 5.75. The number of hydrogen-bond donors (Lipinski definition) is 0. The molecule has 1 aromatic heterocycles. The van der Waals surface area contributed by atoms with Gasteiger partial charge in [-0.15, -0.1) is 0 Å². The van der Waals surface area contributed by atoms with Crippen molar-refractivity contribution in [3.63, 3.8) is 0 Å². The predicted octanol–water partition coefficient (Wildman–Crippen LogP) is 2.75. The molecule has 0 bridgehead atoms. The van der Waals surface area contributed by atoms with Crippen LogP contribution in [0.15, 0.2) is 22.7 Å². The number of amides is 1. The van der Waals surface area contributed by atoms with Crippen molar-refractivity contribution in [2.24, 2.45) is 0 Å². The molecule has 0 saturated carbocycles. The fourth-order valence-corrected chi connectivity index (χ4v) is 2.66. The Hall–Kier alpha value is -2.74. The fraction of sp³-hybridized carbons (Fsp3) is 0.474. The van der Waals surface area contributed by atoms with Crippen LogP contribution in [0.3, 0.4) is 0 Å². The van der Waals surface area contributed by atoms with Crippen LogP contribution < -0.4 is 14.2 Å². The molecular weight excluding hydrogens is 352 g/mol. The number of nitrogens with zero attached hydrogens (tertiary/aromatic N) is 2. The van der Waals surface area contributed by atoms with Crippen molar-refractivity contribution >= 4 is 5.91 Å². The molecule has 0 N–H and O–H groups in total. The average molecular weight is 378 g/mol. The summed E-state index contributed by atoms with van der Waals surface area (Å²) in [4.78, 5) is 13.8. The van der Waals surface area contributed by atoms with Crippen LogP contribution in [0.2, 0.25) is 0 Å². The normalized spacial score (nSPS) is 10.6. The molecule has 1 amide bonds. The van der Waals surface area contributed by atoms with Crippen LogP contribution in [0.5, 0.6) is 17.2 Å². The van der Waals surface area contributed by atoms with E-state index in [2.05, 4.69) is 5.16 Å². The molecule has 0 spiro atoms. The SMILES string of the molecule is CCC(=O)N(CCOC)Cc1cc(-c2cc(OC)c(OC)c(OC)c2)on1. The zero-order chi connectivity index (χ0) is 19.8. The topological polar surface area (TPSA) is 83.3 Å². The van der Waals surface area contributed by atoms with Crippen LogP contribution >= 0.6 is 0 Å². The highest BCUT2D eigenvalue weighted by atomic mass is 16.5. The molecule has 1 heterocycles. The van der Waals surface area contributed by atoms with E-state index in [1.807, 2.05) is 6.92 Å². The Morgan fingerprint density at radius 3 is 2.26 bits per heavy atom. The number of aromatic nitrogens is 1. The predicted molar refractivity (Wildman–Crippen MR) is 99.2 cm³/mol. The number of carbonyl (C=O) groups excluding carboxylic acids is 1. The van der Waals surface area contributed by atoms with Gasteiger partial charge >= 0.3 is 0 Å². The quantitative estimate of drug-likeness (QED) is 0.628. The van der Waals surface area contributed by atoms with Gasteiger partial charge in [0.15, 0.2) is 17.3 Å². The monoisotopic (exact) mass is 378 g/mol. The molecule has 0 aliphatic rings. The van der Waals surface area contributed by atoms with Gasteiger partial charge in [0.2, 0.25) is 11.7 Å². The molecule has 148 valence electrons. The van der Waals surface area contributed by atoms with Crippen LogP contribution in [0, 0.1) is 0 Å². The van der Waals surface area contributed by atoms with E-state index in [1.165, 1.54) is 0 Å². The summed E-state index contributed by atoms with van der Waals surface area (Å²) in [5.41, 5.74) is 1.38.